The van der Waals surface area contributed by atoms with Gasteiger partial charge < -0.3 is 15.3 Å². The van der Waals surface area contributed by atoms with Gasteiger partial charge in [0, 0.05) is 45.8 Å². The molecule has 1 aliphatic heterocycles. The van der Waals surface area contributed by atoms with Crippen LogP contribution in [0.2, 0.25) is 0 Å². The minimum Gasteiger partial charge on any atom is -0.390 e. The normalized spacial score (nSPS) is 20.6. The van der Waals surface area contributed by atoms with E-state index in [2.05, 4.69) is 36.0 Å². The van der Waals surface area contributed by atoms with Crippen molar-refractivity contribution in [2.75, 3.05) is 52.9 Å². The van der Waals surface area contributed by atoms with Gasteiger partial charge in [0.25, 0.3) is 0 Å². The number of hydrogen-bond donors (Lipinski definition) is 2. The molecule has 0 aromatic rings. The molecule has 0 spiro atoms. The van der Waals surface area contributed by atoms with Crippen molar-refractivity contribution in [2.24, 2.45) is 5.92 Å². The molecule has 1 rings (SSSR count). The molecular formula is C12H27N3O. The topological polar surface area (TPSA) is 38.7 Å². The zero-order valence-corrected chi connectivity index (χ0v) is 10.9. The molecule has 1 atom stereocenters. The van der Waals surface area contributed by atoms with Crippen LogP contribution in [0.25, 0.3) is 0 Å². The summed E-state index contributed by atoms with van der Waals surface area (Å²) in [6, 6.07) is 0. The van der Waals surface area contributed by atoms with Crippen LogP contribution in [0.15, 0.2) is 0 Å². The Morgan fingerprint density at radius 1 is 1.25 bits per heavy atom. The van der Waals surface area contributed by atoms with Crippen molar-refractivity contribution < 1.29 is 5.11 Å². The van der Waals surface area contributed by atoms with E-state index in [1.807, 2.05) is 0 Å². The Kier molecular flexibility index (Phi) is 6.28. The molecular weight excluding hydrogens is 202 g/mol. The molecule has 0 bridgehead atoms. The molecule has 0 aromatic carbocycles. The number of aliphatic hydroxyl groups is 1. The summed E-state index contributed by atoms with van der Waals surface area (Å²) in [5.74, 6) is 0.663. The van der Waals surface area contributed by atoms with Gasteiger partial charge >= 0.3 is 0 Å². The number of likely N-dealkylation sites (N-methyl/N-ethyl adjacent to an activating group) is 1. The standard InChI is InChI=1S/C12H27N3O/c1-11(2)8-14(3)9-12(16)10-15-6-4-13-5-7-15/h11-13,16H,4-10H2,1-3H3. The van der Waals surface area contributed by atoms with E-state index in [1.54, 1.807) is 0 Å². The maximum atomic E-state index is 9.98. The Hall–Kier alpha value is -0.160. The smallest absolute Gasteiger partial charge is 0.0793 e. The van der Waals surface area contributed by atoms with Gasteiger partial charge in [0.15, 0.2) is 0 Å². The first-order valence-corrected chi connectivity index (χ1v) is 6.37. The third-order valence-corrected chi connectivity index (χ3v) is 2.88. The van der Waals surface area contributed by atoms with Gasteiger partial charge in [-0.05, 0) is 13.0 Å². The Balaban J connectivity index is 2.15. The molecule has 4 nitrogen and oxygen atoms in total. The number of β-amino-alcohol motifs (C(OH)–C–C–N with tert-alkyl or cyclic N) is 1. The van der Waals surface area contributed by atoms with Crippen LogP contribution in [0.5, 0.6) is 0 Å². The van der Waals surface area contributed by atoms with Crippen molar-refractivity contribution in [3.05, 3.63) is 0 Å². The lowest BCUT2D eigenvalue weighted by Crippen LogP contribution is -2.48. The fraction of sp³-hybridized carbons (Fsp3) is 1.00. The van der Waals surface area contributed by atoms with Gasteiger partial charge in [-0.15, -0.1) is 0 Å². The average Bonchev–Trinajstić information content (AvgIpc) is 2.17. The summed E-state index contributed by atoms with van der Waals surface area (Å²) in [7, 11) is 2.08. The first-order valence-electron chi connectivity index (χ1n) is 6.37. The van der Waals surface area contributed by atoms with Crippen molar-refractivity contribution in [3.63, 3.8) is 0 Å². The van der Waals surface area contributed by atoms with Crippen LogP contribution >= 0.6 is 0 Å². The van der Waals surface area contributed by atoms with E-state index in [9.17, 15) is 5.11 Å². The molecule has 0 saturated carbocycles. The van der Waals surface area contributed by atoms with Crippen LogP contribution in [0.1, 0.15) is 13.8 Å². The highest BCUT2D eigenvalue weighted by molar-refractivity contribution is 4.72. The molecule has 16 heavy (non-hydrogen) atoms. The number of rotatable bonds is 6. The van der Waals surface area contributed by atoms with Gasteiger partial charge in [0.05, 0.1) is 6.10 Å². The SMILES string of the molecule is CC(C)CN(C)CC(O)CN1CCNCC1. The highest BCUT2D eigenvalue weighted by Crippen LogP contribution is 2.00. The molecule has 1 heterocycles. The average molecular weight is 229 g/mol. The molecule has 4 heteroatoms. The van der Waals surface area contributed by atoms with E-state index in [4.69, 9.17) is 0 Å². The lowest BCUT2D eigenvalue weighted by atomic mass is 10.2. The van der Waals surface area contributed by atoms with E-state index in [0.717, 1.165) is 45.8 Å². The minimum absolute atomic E-state index is 0.221. The first kappa shape index (κ1) is 13.9. The van der Waals surface area contributed by atoms with Crippen LogP contribution in [-0.2, 0) is 0 Å². The zero-order valence-electron chi connectivity index (χ0n) is 10.9. The van der Waals surface area contributed by atoms with Crippen molar-refractivity contribution >= 4 is 0 Å². The number of piperazine rings is 1. The van der Waals surface area contributed by atoms with Crippen molar-refractivity contribution in [2.45, 2.75) is 20.0 Å². The fourth-order valence-electron chi connectivity index (χ4n) is 2.31. The third-order valence-electron chi connectivity index (χ3n) is 2.88. The highest BCUT2D eigenvalue weighted by atomic mass is 16.3. The summed E-state index contributed by atoms with van der Waals surface area (Å²) >= 11 is 0. The third kappa shape index (κ3) is 5.80. The molecule has 1 saturated heterocycles. The summed E-state index contributed by atoms with van der Waals surface area (Å²) in [4.78, 5) is 4.56. The summed E-state index contributed by atoms with van der Waals surface area (Å²) in [6.45, 7) is 11.3. The first-order chi connectivity index (χ1) is 7.58. The second-order valence-corrected chi connectivity index (χ2v) is 5.32. The Bertz CT molecular complexity index is 181. The van der Waals surface area contributed by atoms with Crippen molar-refractivity contribution in [1.82, 2.24) is 15.1 Å². The van der Waals surface area contributed by atoms with Crippen LogP contribution < -0.4 is 5.32 Å². The maximum Gasteiger partial charge on any atom is 0.0793 e. The maximum absolute atomic E-state index is 9.98. The van der Waals surface area contributed by atoms with Gasteiger partial charge in [0.2, 0.25) is 0 Å². The monoisotopic (exact) mass is 229 g/mol. The second-order valence-electron chi connectivity index (χ2n) is 5.32. The predicted molar refractivity (Wildman–Crippen MR) is 67.7 cm³/mol. The summed E-state index contributed by atoms with van der Waals surface area (Å²) < 4.78 is 0. The quantitative estimate of drug-likeness (QED) is 0.664. The van der Waals surface area contributed by atoms with E-state index >= 15 is 0 Å². The molecule has 2 N–H and O–H groups in total. The van der Waals surface area contributed by atoms with Crippen molar-refractivity contribution in [1.29, 1.82) is 0 Å². The molecule has 0 radical (unpaired) electrons. The highest BCUT2D eigenvalue weighted by Gasteiger charge is 2.15. The summed E-state index contributed by atoms with van der Waals surface area (Å²) in [5, 5.41) is 13.3. The lowest BCUT2D eigenvalue weighted by Gasteiger charge is -2.30. The molecule has 1 unspecified atom stereocenters. The van der Waals surface area contributed by atoms with E-state index in [-0.39, 0.29) is 6.10 Å². The lowest BCUT2D eigenvalue weighted by molar-refractivity contribution is 0.0741. The Morgan fingerprint density at radius 2 is 1.88 bits per heavy atom. The van der Waals surface area contributed by atoms with Gasteiger partial charge in [-0.25, -0.2) is 0 Å². The molecule has 0 amide bonds. The van der Waals surface area contributed by atoms with Gasteiger partial charge in [-0.3, -0.25) is 4.90 Å². The van der Waals surface area contributed by atoms with E-state index in [0.29, 0.717) is 5.92 Å². The number of aliphatic hydroxyl groups excluding tert-OH is 1. The molecule has 0 aromatic heterocycles. The van der Waals surface area contributed by atoms with E-state index in [1.165, 1.54) is 0 Å². The van der Waals surface area contributed by atoms with Gasteiger partial charge in [-0.1, -0.05) is 13.8 Å². The number of nitrogens with one attached hydrogen (secondary N) is 1. The minimum atomic E-state index is -0.221. The summed E-state index contributed by atoms with van der Waals surface area (Å²) in [5.41, 5.74) is 0. The molecule has 1 aliphatic rings. The number of hydrogen-bond acceptors (Lipinski definition) is 4. The van der Waals surface area contributed by atoms with Crippen molar-refractivity contribution in [3.8, 4) is 0 Å². The number of nitrogens with zero attached hydrogens (tertiary/aromatic N) is 2. The van der Waals surface area contributed by atoms with Crippen LogP contribution in [-0.4, -0.2) is 73.9 Å². The largest absolute Gasteiger partial charge is 0.390 e. The van der Waals surface area contributed by atoms with Crippen LogP contribution in [0.3, 0.4) is 0 Å². The Morgan fingerprint density at radius 3 is 2.44 bits per heavy atom. The predicted octanol–water partition coefficient (Wildman–Crippen LogP) is -0.160. The van der Waals surface area contributed by atoms with Crippen LogP contribution in [0, 0.1) is 5.92 Å². The van der Waals surface area contributed by atoms with Crippen LogP contribution in [0.4, 0.5) is 0 Å². The van der Waals surface area contributed by atoms with Gasteiger partial charge in [-0.2, -0.15) is 0 Å². The zero-order chi connectivity index (χ0) is 12.0. The molecule has 1 fully saturated rings. The van der Waals surface area contributed by atoms with Gasteiger partial charge in [0.1, 0.15) is 0 Å². The molecule has 0 aliphatic carbocycles. The summed E-state index contributed by atoms with van der Waals surface area (Å²) in [6.07, 6.45) is -0.221. The van der Waals surface area contributed by atoms with E-state index < -0.39 is 0 Å². The Labute approximate surface area is 99.6 Å². The fourth-order valence-corrected chi connectivity index (χ4v) is 2.31. The molecule has 96 valence electrons. The second kappa shape index (κ2) is 7.22.